The number of rotatable bonds is 11. The largest absolute Gasteiger partial charge is 0.455 e. The monoisotopic (exact) mass is 453 g/mol. The first-order chi connectivity index (χ1) is 16.7. The van der Waals surface area contributed by atoms with Crippen LogP contribution in [-0.2, 0) is 6.42 Å². The summed E-state index contributed by atoms with van der Waals surface area (Å²) in [6.07, 6.45) is 6.99. The fourth-order valence-corrected chi connectivity index (χ4v) is 4.08. The van der Waals surface area contributed by atoms with Crippen LogP contribution in [0.25, 0.3) is 22.3 Å². The van der Waals surface area contributed by atoms with Gasteiger partial charge in [0.25, 0.3) is 0 Å². The molecule has 0 amide bonds. The van der Waals surface area contributed by atoms with Gasteiger partial charge in [-0.3, -0.25) is 9.79 Å². The molecule has 0 spiro atoms. The molecule has 0 aliphatic carbocycles. The van der Waals surface area contributed by atoms with Crippen LogP contribution >= 0.6 is 0 Å². The van der Waals surface area contributed by atoms with Crippen LogP contribution in [0.2, 0.25) is 0 Å². The highest BCUT2D eigenvalue weighted by molar-refractivity contribution is 6.19. The molecule has 0 saturated carbocycles. The van der Waals surface area contributed by atoms with Crippen LogP contribution in [0.4, 0.5) is 0 Å². The van der Waals surface area contributed by atoms with E-state index in [4.69, 9.17) is 9.15 Å². The third-order valence-electron chi connectivity index (χ3n) is 5.96. The van der Waals surface area contributed by atoms with E-state index >= 15 is 0 Å². The summed E-state index contributed by atoms with van der Waals surface area (Å²) in [4.78, 5) is 18.2. The van der Waals surface area contributed by atoms with E-state index in [2.05, 4.69) is 18.8 Å². The molecule has 1 aromatic heterocycles. The average molecular weight is 454 g/mol. The number of aryl methyl sites for hydroxylation is 1. The molecule has 0 aliphatic rings. The van der Waals surface area contributed by atoms with E-state index in [1.807, 2.05) is 72.8 Å². The Morgan fingerprint density at radius 3 is 2.53 bits per heavy atom. The first-order valence-electron chi connectivity index (χ1n) is 12.1. The van der Waals surface area contributed by atoms with Gasteiger partial charge in [0.15, 0.2) is 12.2 Å². The number of hydrogen-bond donors (Lipinski definition) is 0. The van der Waals surface area contributed by atoms with E-state index < -0.39 is 0 Å². The Morgan fingerprint density at radius 2 is 1.74 bits per heavy atom. The van der Waals surface area contributed by atoms with E-state index in [1.165, 1.54) is 25.7 Å². The lowest BCUT2D eigenvalue weighted by atomic mass is 9.96. The predicted molar refractivity (Wildman–Crippen MR) is 139 cm³/mol. The zero-order valence-corrected chi connectivity index (χ0v) is 19.9. The second-order valence-corrected chi connectivity index (χ2v) is 8.36. The van der Waals surface area contributed by atoms with Crippen molar-refractivity contribution in [2.75, 3.05) is 6.54 Å². The summed E-state index contributed by atoms with van der Waals surface area (Å²) in [6, 6.07) is 23.1. The molecule has 0 unspecified atom stereocenters. The molecule has 4 heteroatoms. The molecule has 0 atom stereocenters. The van der Waals surface area contributed by atoms with Gasteiger partial charge in [0, 0.05) is 23.1 Å². The van der Waals surface area contributed by atoms with E-state index in [0.29, 0.717) is 28.2 Å². The van der Waals surface area contributed by atoms with Crippen molar-refractivity contribution in [2.24, 2.45) is 4.99 Å². The van der Waals surface area contributed by atoms with E-state index in [0.717, 1.165) is 35.9 Å². The number of fused-ring (bicyclic) bond motifs is 1. The highest BCUT2D eigenvalue weighted by Crippen LogP contribution is 2.35. The van der Waals surface area contributed by atoms with E-state index in [1.54, 1.807) is 0 Å². The Bertz CT molecular complexity index is 1270. The van der Waals surface area contributed by atoms with Gasteiger partial charge < -0.3 is 9.15 Å². The van der Waals surface area contributed by atoms with Crippen molar-refractivity contribution in [3.8, 4) is 17.1 Å². The molecular weight excluding hydrogens is 422 g/mol. The van der Waals surface area contributed by atoms with Crippen molar-refractivity contribution in [3.05, 3.63) is 89.5 Å². The van der Waals surface area contributed by atoms with Crippen LogP contribution in [0.1, 0.15) is 61.0 Å². The molecule has 0 saturated heterocycles. The Kier molecular flexibility index (Phi) is 7.92. The van der Waals surface area contributed by atoms with Gasteiger partial charge in [-0.25, -0.2) is 0 Å². The Balaban J connectivity index is 1.65. The van der Waals surface area contributed by atoms with Crippen LogP contribution in [0.15, 0.2) is 82.2 Å². The van der Waals surface area contributed by atoms with Crippen LogP contribution in [0.5, 0.6) is 5.75 Å². The van der Waals surface area contributed by atoms with Crippen molar-refractivity contribution >= 4 is 23.2 Å². The van der Waals surface area contributed by atoms with Gasteiger partial charge >= 0.3 is 0 Å². The minimum absolute atomic E-state index is 0.0900. The molecule has 0 radical (unpaired) electrons. The maximum atomic E-state index is 13.8. The van der Waals surface area contributed by atoms with Gasteiger partial charge in [-0.1, -0.05) is 93.8 Å². The van der Waals surface area contributed by atoms with Gasteiger partial charge in [0.2, 0.25) is 0 Å². The molecule has 4 rings (SSSR count). The Morgan fingerprint density at radius 1 is 0.941 bits per heavy atom. The second-order valence-electron chi connectivity index (χ2n) is 8.36. The summed E-state index contributed by atoms with van der Waals surface area (Å²) in [6.45, 7) is 5.02. The van der Waals surface area contributed by atoms with Crippen LogP contribution in [0.3, 0.4) is 0 Å². The van der Waals surface area contributed by atoms with Crippen LogP contribution in [-0.4, -0.2) is 18.7 Å². The zero-order chi connectivity index (χ0) is 23.8. The Labute approximate surface area is 201 Å². The van der Waals surface area contributed by atoms with E-state index in [9.17, 15) is 4.79 Å². The second kappa shape index (κ2) is 11.5. The van der Waals surface area contributed by atoms with Crippen molar-refractivity contribution < 1.29 is 13.9 Å². The van der Waals surface area contributed by atoms with Crippen molar-refractivity contribution in [2.45, 2.75) is 46.0 Å². The zero-order valence-electron chi connectivity index (χ0n) is 19.9. The lowest BCUT2D eigenvalue weighted by Gasteiger charge is -2.09. The summed E-state index contributed by atoms with van der Waals surface area (Å²) in [5.41, 5.74) is 3.74. The summed E-state index contributed by atoms with van der Waals surface area (Å²) >= 11 is 0. The molecule has 0 fully saturated rings. The molecule has 0 bridgehead atoms. The normalized spacial score (nSPS) is 11.4. The molecule has 4 aromatic rings. The summed E-state index contributed by atoms with van der Waals surface area (Å²) in [5, 5.41) is 0.807. The molecule has 1 heterocycles. The number of hydrogen-bond acceptors (Lipinski definition) is 4. The molecule has 3 aromatic carbocycles. The van der Waals surface area contributed by atoms with E-state index in [-0.39, 0.29) is 5.78 Å². The van der Waals surface area contributed by atoms with Gasteiger partial charge in [-0.05, 0) is 30.5 Å². The lowest BCUT2D eigenvalue weighted by molar-refractivity contribution is 0.104. The smallest absolute Gasteiger partial charge is 0.197 e. The minimum Gasteiger partial charge on any atom is -0.455 e. The number of aliphatic imine (C=N–C) groups is 1. The van der Waals surface area contributed by atoms with Crippen LogP contribution < -0.4 is 4.74 Å². The SMILES string of the molecule is CCCCCCN=COc1cc(C(=O)c2c(-c3ccccc3)oc3ccccc23)ccc1CC. The number of nitrogens with zero attached hydrogens (tertiary/aromatic N) is 1. The molecule has 174 valence electrons. The highest BCUT2D eigenvalue weighted by atomic mass is 16.5. The molecule has 0 N–H and O–H groups in total. The first-order valence-corrected chi connectivity index (χ1v) is 12.1. The average Bonchev–Trinajstić information content (AvgIpc) is 3.28. The highest BCUT2D eigenvalue weighted by Gasteiger charge is 2.23. The third-order valence-corrected chi connectivity index (χ3v) is 5.96. The van der Waals surface area contributed by atoms with Crippen molar-refractivity contribution in [3.63, 3.8) is 0 Å². The summed E-state index contributed by atoms with van der Waals surface area (Å²) in [5.74, 6) is 1.16. The maximum Gasteiger partial charge on any atom is 0.197 e. The fourth-order valence-electron chi connectivity index (χ4n) is 4.08. The maximum absolute atomic E-state index is 13.8. The van der Waals surface area contributed by atoms with Gasteiger partial charge in [-0.2, -0.15) is 0 Å². The van der Waals surface area contributed by atoms with Crippen molar-refractivity contribution in [1.29, 1.82) is 0 Å². The number of carbonyl (C=O) groups excluding carboxylic acids is 1. The minimum atomic E-state index is -0.0900. The summed E-state index contributed by atoms with van der Waals surface area (Å²) < 4.78 is 12.0. The fraction of sp³-hybridized carbons (Fsp3) is 0.267. The number of ether oxygens (including phenoxy) is 1. The lowest BCUT2D eigenvalue weighted by Crippen LogP contribution is -2.04. The number of furan rings is 1. The molecule has 34 heavy (non-hydrogen) atoms. The predicted octanol–water partition coefficient (Wildman–Crippen LogP) is 7.88. The first kappa shape index (κ1) is 23.5. The summed E-state index contributed by atoms with van der Waals surface area (Å²) in [7, 11) is 0. The van der Waals surface area contributed by atoms with Gasteiger partial charge in [-0.15, -0.1) is 0 Å². The topological polar surface area (TPSA) is 51.8 Å². The molecular formula is C30H31NO3. The Hall–Kier alpha value is -3.66. The third kappa shape index (κ3) is 5.28. The number of benzene rings is 3. The number of ketones is 1. The van der Waals surface area contributed by atoms with Crippen LogP contribution in [0, 0.1) is 0 Å². The quantitative estimate of drug-likeness (QED) is 0.100. The molecule has 0 aliphatic heterocycles. The standard InChI is InChI=1S/C30H31NO3/c1-3-5-6-12-19-31-21-33-27-20-24(18-17-22(27)4-2)29(32)28-25-15-10-11-16-26(25)34-30(28)23-13-8-7-9-14-23/h7-11,13-18,20-21H,3-6,12,19H2,1-2H3. The number of carbonyl (C=O) groups is 1. The molecule has 4 nitrogen and oxygen atoms in total. The van der Waals surface area contributed by atoms with Gasteiger partial charge in [0.05, 0.1) is 5.56 Å². The number of para-hydroxylation sites is 1. The number of unbranched alkanes of at least 4 members (excludes halogenated alkanes) is 3. The van der Waals surface area contributed by atoms with Gasteiger partial charge in [0.1, 0.15) is 17.1 Å². The van der Waals surface area contributed by atoms with Crippen molar-refractivity contribution in [1.82, 2.24) is 0 Å².